The molecule has 11 rings (SSSR count). The molecule has 0 saturated heterocycles. The molecular formula is C49H31NO2. The molecule has 0 amide bonds. The minimum Gasteiger partial charge on any atom is -0.457 e. The number of fused-ring (bicyclic) bond motifs is 11. The van der Waals surface area contributed by atoms with Gasteiger partial charge in [0.15, 0.2) is 0 Å². The molecule has 1 spiro atoms. The zero-order valence-electron chi connectivity index (χ0n) is 28.2. The van der Waals surface area contributed by atoms with Crippen LogP contribution in [0, 0.1) is 0 Å². The number of benzene rings is 8. The summed E-state index contributed by atoms with van der Waals surface area (Å²) in [7, 11) is 0. The van der Waals surface area contributed by atoms with Crippen LogP contribution in [-0.4, -0.2) is 4.57 Å². The maximum atomic E-state index is 7.21. The molecular weight excluding hydrogens is 635 g/mol. The van der Waals surface area contributed by atoms with Gasteiger partial charge in [0.2, 0.25) is 0 Å². The number of ether oxygens (including phenoxy) is 2. The third-order valence-electron chi connectivity index (χ3n) is 10.9. The fraction of sp³-hybridized carbons (Fsp3) is 0.0204. The lowest BCUT2D eigenvalue weighted by Crippen LogP contribution is -2.37. The molecule has 2 aliphatic heterocycles. The minimum absolute atomic E-state index is 0.718. The first kappa shape index (κ1) is 28.9. The van der Waals surface area contributed by atoms with E-state index in [1.807, 2.05) is 0 Å². The van der Waals surface area contributed by atoms with E-state index >= 15 is 0 Å². The molecule has 0 radical (unpaired) electrons. The minimum atomic E-state index is -0.718. The SMILES string of the molecule is c1ccc(-c2cccc3c2C2(c4ccccc4Oc4ccccc42)c2cccc(-c4ccc5c(c4)c4ccccc4n5-c4ccccc4)c2O3)cc1. The molecule has 8 aromatic carbocycles. The number of rotatable bonds is 3. The van der Waals surface area contributed by atoms with Crippen molar-refractivity contribution in [1.82, 2.24) is 4.57 Å². The molecule has 0 bridgehead atoms. The Labute approximate surface area is 301 Å². The first-order valence-electron chi connectivity index (χ1n) is 17.8. The first-order valence-corrected chi connectivity index (χ1v) is 17.8. The second-order valence-electron chi connectivity index (χ2n) is 13.6. The summed E-state index contributed by atoms with van der Waals surface area (Å²) in [5.41, 5.74) is 11.6. The van der Waals surface area contributed by atoms with Crippen molar-refractivity contribution in [3.8, 4) is 50.9 Å². The number of aromatic nitrogens is 1. The molecule has 3 nitrogen and oxygen atoms in total. The van der Waals surface area contributed by atoms with E-state index in [4.69, 9.17) is 9.47 Å². The van der Waals surface area contributed by atoms with Gasteiger partial charge in [0.05, 0.1) is 16.4 Å². The van der Waals surface area contributed by atoms with E-state index in [1.54, 1.807) is 0 Å². The van der Waals surface area contributed by atoms with Crippen LogP contribution in [0.25, 0.3) is 49.7 Å². The van der Waals surface area contributed by atoms with Crippen LogP contribution >= 0.6 is 0 Å². The molecule has 3 heterocycles. The van der Waals surface area contributed by atoms with Crippen molar-refractivity contribution in [2.45, 2.75) is 5.41 Å². The summed E-state index contributed by atoms with van der Waals surface area (Å²) < 4.78 is 16.2. The summed E-state index contributed by atoms with van der Waals surface area (Å²) in [6, 6.07) is 66.9. The van der Waals surface area contributed by atoms with Crippen LogP contribution in [0.4, 0.5) is 0 Å². The van der Waals surface area contributed by atoms with Crippen LogP contribution in [0.3, 0.4) is 0 Å². The summed E-state index contributed by atoms with van der Waals surface area (Å²) in [4.78, 5) is 0. The predicted octanol–water partition coefficient (Wildman–Crippen LogP) is 12.7. The van der Waals surface area contributed by atoms with Crippen LogP contribution in [-0.2, 0) is 5.41 Å². The Morgan fingerprint density at radius 1 is 0.385 bits per heavy atom. The fourth-order valence-corrected chi connectivity index (χ4v) is 8.83. The molecule has 3 heteroatoms. The zero-order valence-corrected chi connectivity index (χ0v) is 28.2. The van der Waals surface area contributed by atoms with Crippen molar-refractivity contribution in [3.63, 3.8) is 0 Å². The van der Waals surface area contributed by atoms with Crippen molar-refractivity contribution >= 4 is 21.8 Å². The van der Waals surface area contributed by atoms with Crippen LogP contribution < -0.4 is 9.47 Å². The highest BCUT2D eigenvalue weighted by Gasteiger charge is 2.52. The van der Waals surface area contributed by atoms with Crippen LogP contribution in [0.15, 0.2) is 188 Å². The normalized spacial score (nSPS) is 13.5. The smallest absolute Gasteiger partial charge is 0.140 e. The highest BCUT2D eigenvalue weighted by atomic mass is 16.5. The molecule has 0 unspecified atom stereocenters. The Kier molecular flexibility index (Phi) is 6.17. The fourth-order valence-electron chi connectivity index (χ4n) is 8.83. The lowest BCUT2D eigenvalue weighted by Gasteiger charge is -2.46. The third kappa shape index (κ3) is 3.96. The highest BCUT2D eigenvalue weighted by Crippen LogP contribution is 2.64. The predicted molar refractivity (Wildman–Crippen MR) is 210 cm³/mol. The monoisotopic (exact) mass is 665 g/mol. The van der Waals surface area contributed by atoms with Crippen LogP contribution in [0.5, 0.6) is 23.0 Å². The Morgan fingerprint density at radius 2 is 0.981 bits per heavy atom. The van der Waals surface area contributed by atoms with Gasteiger partial charge in [0.25, 0.3) is 0 Å². The molecule has 0 N–H and O–H groups in total. The van der Waals surface area contributed by atoms with Gasteiger partial charge in [0.1, 0.15) is 23.0 Å². The van der Waals surface area contributed by atoms with Gasteiger partial charge in [-0.1, -0.05) is 140 Å². The van der Waals surface area contributed by atoms with Crippen molar-refractivity contribution in [1.29, 1.82) is 0 Å². The van der Waals surface area contributed by atoms with Gasteiger partial charge in [-0.15, -0.1) is 0 Å². The average molecular weight is 666 g/mol. The summed E-state index contributed by atoms with van der Waals surface area (Å²) in [6.45, 7) is 0. The van der Waals surface area contributed by atoms with Crippen molar-refractivity contribution in [2.75, 3.05) is 0 Å². The lowest BCUT2D eigenvalue weighted by atomic mass is 9.60. The Hall–Kier alpha value is -6.84. The first-order chi connectivity index (χ1) is 25.8. The molecule has 0 aliphatic carbocycles. The third-order valence-corrected chi connectivity index (χ3v) is 10.9. The van der Waals surface area contributed by atoms with Gasteiger partial charge in [-0.25, -0.2) is 0 Å². The molecule has 2 aliphatic rings. The van der Waals surface area contributed by atoms with E-state index in [-0.39, 0.29) is 0 Å². The van der Waals surface area contributed by atoms with E-state index in [2.05, 4.69) is 193 Å². The Balaban J connectivity index is 1.23. The Bertz CT molecular complexity index is 2810. The zero-order chi connectivity index (χ0) is 34.2. The largest absolute Gasteiger partial charge is 0.457 e. The molecule has 0 atom stereocenters. The van der Waals surface area contributed by atoms with Crippen molar-refractivity contribution in [2.24, 2.45) is 0 Å². The quantitative estimate of drug-likeness (QED) is 0.187. The topological polar surface area (TPSA) is 23.4 Å². The number of para-hydroxylation sites is 5. The molecule has 1 aromatic heterocycles. The van der Waals surface area contributed by atoms with E-state index in [1.165, 1.54) is 21.8 Å². The van der Waals surface area contributed by atoms with E-state index < -0.39 is 5.41 Å². The van der Waals surface area contributed by atoms with Crippen LogP contribution in [0.2, 0.25) is 0 Å². The molecule has 9 aromatic rings. The standard InChI is InChI=1S/C49H31NO2/c1-3-15-32(16-4-1)35-20-14-28-46-47(35)49(39-22-8-11-26-44(39)51-45-27-12-9-23-40(45)49)41-24-13-21-36(48(41)52-46)33-29-30-43-38(31-33)37-19-7-10-25-42(37)50(43)34-17-5-2-6-18-34/h1-31H. The number of hydrogen-bond donors (Lipinski definition) is 0. The molecule has 0 saturated carbocycles. The van der Waals surface area contributed by atoms with Crippen molar-refractivity contribution in [3.05, 3.63) is 210 Å². The summed E-state index contributed by atoms with van der Waals surface area (Å²) in [5.74, 6) is 3.40. The van der Waals surface area contributed by atoms with Crippen LogP contribution in [0.1, 0.15) is 22.3 Å². The van der Waals surface area contributed by atoms with Gasteiger partial charge >= 0.3 is 0 Å². The van der Waals surface area contributed by atoms with Crippen molar-refractivity contribution < 1.29 is 9.47 Å². The molecule has 52 heavy (non-hydrogen) atoms. The summed E-state index contributed by atoms with van der Waals surface area (Å²) >= 11 is 0. The maximum Gasteiger partial charge on any atom is 0.140 e. The highest BCUT2D eigenvalue weighted by molar-refractivity contribution is 6.10. The van der Waals surface area contributed by atoms with E-state index in [0.29, 0.717) is 0 Å². The van der Waals surface area contributed by atoms with Gasteiger partial charge in [-0.3, -0.25) is 0 Å². The summed E-state index contributed by atoms with van der Waals surface area (Å²) in [5, 5.41) is 2.42. The maximum absolute atomic E-state index is 7.21. The second-order valence-corrected chi connectivity index (χ2v) is 13.6. The van der Waals surface area contributed by atoms with Gasteiger partial charge < -0.3 is 14.0 Å². The average Bonchev–Trinajstić information content (AvgIpc) is 3.55. The number of hydrogen-bond acceptors (Lipinski definition) is 2. The van der Waals surface area contributed by atoms with Gasteiger partial charge in [0, 0.05) is 44.3 Å². The summed E-state index contributed by atoms with van der Waals surface area (Å²) in [6.07, 6.45) is 0. The van der Waals surface area contributed by atoms with Gasteiger partial charge in [-0.05, 0) is 65.2 Å². The second kappa shape index (κ2) is 11.1. The molecule has 244 valence electrons. The van der Waals surface area contributed by atoms with Gasteiger partial charge in [-0.2, -0.15) is 0 Å². The Morgan fingerprint density at radius 3 is 1.77 bits per heavy atom. The molecule has 0 fully saturated rings. The van der Waals surface area contributed by atoms with E-state index in [0.717, 1.165) is 73.2 Å². The lowest BCUT2D eigenvalue weighted by molar-refractivity contribution is 0.401. The number of nitrogens with zero attached hydrogens (tertiary/aromatic N) is 1. The van der Waals surface area contributed by atoms with E-state index in [9.17, 15) is 0 Å².